The number of anilines is 1. The molecule has 5 nitrogen and oxygen atoms in total. The third-order valence-electron chi connectivity index (χ3n) is 2.44. The van der Waals surface area contributed by atoms with Gasteiger partial charge in [-0.25, -0.2) is 4.79 Å². The molecule has 92 valence electrons. The standard InChI is InChI=1S/C12H16N2O3/c1-7-6-9(11(13)15)4-5-10(7)14-8(2)12(16)17-3/h4-6,8,14H,1-3H3,(H2,13,15). The summed E-state index contributed by atoms with van der Waals surface area (Å²) >= 11 is 0. The van der Waals surface area contributed by atoms with E-state index in [0.29, 0.717) is 5.56 Å². The van der Waals surface area contributed by atoms with Gasteiger partial charge in [0.2, 0.25) is 5.91 Å². The Bertz CT molecular complexity index is 443. The number of rotatable bonds is 4. The van der Waals surface area contributed by atoms with E-state index in [1.807, 2.05) is 6.92 Å². The first-order valence-electron chi connectivity index (χ1n) is 5.20. The molecule has 0 aromatic heterocycles. The molecule has 1 rings (SSSR count). The molecule has 0 spiro atoms. The smallest absolute Gasteiger partial charge is 0.327 e. The zero-order valence-electron chi connectivity index (χ0n) is 10.1. The van der Waals surface area contributed by atoms with Crippen molar-refractivity contribution in [3.05, 3.63) is 29.3 Å². The van der Waals surface area contributed by atoms with E-state index in [9.17, 15) is 9.59 Å². The SMILES string of the molecule is COC(=O)C(C)Nc1ccc(C(N)=O)cc1C. The van der Waals surface area contributed by atoms with Crippen LogP contribution in [0.25, 0.3) is 0 Å². The van der Waals surface area contributed by atoms with E-state index in [1.54, 1.807) is 25.1 Å². The molecule has 0 radical (unpaired) electrons. The number of hydrogen-bond donors (Lipinski definition) is 2. The molecule has 1 unspecified atom stereocenters. The molecule has 0 aliphatic carbocycles. The number of nitrogens with one attached hydrogen (secondary N) is 1. The minimum atomic E-state index is -0.472. The highest BCUT2D eigenvalue weighted by Crippen LogP contribution is 2.17. The van der Waals surface area contributed by atoms with Crippen LogP contribution in [-0.4, -0.2) is 25.0 Å². The number of aryl methyl sites for hydroxylation is 1. The normalized spacial score (nSPS) is 11.7. The van der Waals surface area contributed by atoms with Crippen LogP contribution in [0.4, 0.5) is 5.69 Å². The van der Waals surface area contributed by atoms with Gasteiger partial charge in [-0.2, -0.15) is 0 Å². The van der Waals surface area contributed by atoms with E-state index in [2.05, 4.69) is 10.1 Å². The number of ether oxygens (including phenoxy) is 1. The highest BCUT2D eigenvalue weighted by molar-refractivity contribution is 5.93. The molecule has 0 saturated carbocycles. The van der Waals surface area contributed by atoms with E-state index in [1.165, 1.54) is 7.11 Å². The van der Waals surface area contributed by atoms with Gasteiger partial charge in [0, 0.05) is 11.3 Å². The fraction of sp³-hybridized carbons (Fsp3) is 0.333. The fourth-order valence-corrected chi connectivity index (χ4v) is 1.45. The molecule has 0 aliphatic heterocycles. The number of methoxy groups -OCH3 is 1. The zero-order chi connectivity index (χ0) is 13.0. The van der Waals surface area contributed by atoms with Crippen LogP contribution in [0.2, 0.25) is 0 Å². The lowest BCUT2D eigenvalue weighted by molar-refractivity contribution is -0.141. The summed E-state index contributed by atoms with van der Waals surface area (Å²) in [4.78, 5) is 22.2. The van der Waals surface area contributed by atoms with Gasteiger partial charge in [0.25, 0.3) is 0 Å². The van der Waals surface area contributed by atoms with Crippen molar-refractivity contribution in [2.45, 2.75) is 19.9 Å². The monoisotopic (exact) mass is 236 g/mol. The Morgan fingerprint density at radius 3 is 2.53 bits per heavy atom. The summed E-state index contributed by atoms with van der Waals surface area (Å²) in [7, 11) is 1.34. The summed E-state index contributed by atoms with van der Waals surface area (Å²) in [5.41, 5.74) is 7.23. The zero-order valence-corrected chi connectivity index (χ0v) is 10.1. The summed E-state index contributed by atoms with van der Waals surface area (Å²) in [6.45, 7) is 3.53. The fourth-order valence-electron chi connectivity index (χ4n) is 1.45. The average molecular weight is 236 g/mol. The first-order chi connectivity index (χ1) is 7.95. The lowest BCUT2D eigenvalue weighted by Gasteiger charge is -2.15. The summed E-state index contributed by atoms with van der Waals surface area (Å²) in [6, 6.07) is 4.56. The van der Waals surface area contributed by atoms with Crippen molar-refractivity contribution >= 4 is 17.6 Å². The number of amides is 1. The lowest BCUT2D eigenvalue weighted by atomic mass is 10.1. The number of esters is 1. The van der Waals surface area contributed by atoms with Gasteiger partial charge in [0.05, 0.1) is 7.11 Å². The Morgan fingerprint density at radius 2 is 2.06 bits per heavy atom. The van der Waals surface area contributed by atoms with E-state index in [4.69, 9.17) is 5.73 Å². The van der Waals surface area contributed by atoms with Crippen LogP contribution in [0.15, 0.2) is 18.2 Å². The largest absolute Gasteiger partial charge is 0.467 e. The topological polar surface area (TPSA) is 81.4 Å². The van der Waals surface area contributed by atoms with Gasteiger partial charge in [0.15, 0.2) is 0 Å². The van der Waals surface area contributed by atoms with Gasteiger partial charge in [-0.3, -0.25) is 4.79 Å². The number of primary amides is 1. The number of nitrogens with two attached hydrogens (primary N) is 1. The second kappa shape index (κ2) is 5.34. The van der Waals surface area contributed by atoms with Gasteiger partial charge in [0.1, 0.15) is 6.04 Å². The highest BCUT2D eigenvalue weighted by atomic mass is 16.5. The van der Waals surface area contributed by atoms with E-state index < -0.39 is 11.9 Å². The third-order valence-corrected chi connectivity index (χ3v) is 2.44. The summed E-state index contributed by atoms with van der Waals surface area (Å²) in [5, 5.41) is 3.00. The van der Waals surface area contributed by atoms with Crippen LogP contribution in [0.1, 0.15) is 22.8 Å². The van der Waals surface area contributed by atoms with Crippen molar-refractivity contribution in [2.24, 2.45) is 5.73 Å². The van der Waals surface area contributed by atoms with Crippen molar-refractivity contribution in [3.63, 3.8) is 0 Å². The molecule has 3 N–H and O–H groups in total. The second-order valence-corrected chi connectivity index (χ2v) is 3.78. The molecular formula is C12H16N2O3. The molecule has 0 bridgehead atoms. The van der Waals surface area contributed by atoms with E-state index in [0.717, 1.165) is 11.3 Å². The van der Waals surface area contributed by atoms with Crippen molar-refractivity contribution in [3.8, 4) is 0 Å². The first-order valence-corrected chi connectivity index (χ1v) is 5.20. The average Bonchev–Trinajstić information content (AvgIpc) is 2.30. The third kappa shape index (κ3) is 3.21. The van der Waals surface area contributed by atoms with E-state index >= 15 is 0 Å². The summed E-state index contributed by atoms with van der Waals surface area (Å²) in [5.74, 6) is -0.816. The number of carbonyl (C=O) groups is 2. The lowest BCUT2D eigenvalue weighted by Crippen LogP contribution is -2.27. The van der Waals surface area contributed by atoms with Gasteiger partial charge in [-0.15, -0.1) is 0 Å². The second-order valence-electron chi connectivity index (χ2n) is 3.78. The Hall–Kier alpha value is -2.04. The molecule has 0 aliphatic rings. The molecule has 5 heteroatoms. The molecule has 0 heterocycles. The molecule has 17 heavy (non-hydrogen) atoms. The Balaban J connectivity index is 2.86. The van der Waals surface area contributed by atoms with E-state index in [-0.39, 0.29) is 5.97 Å². The number of benzene rings is 1. The predicted molar refractivity (Wildman–Crippen MR) is 64.8 cm³/mol. The van der Waals surface area contributed by atoms with Crippen LogP contribution in [0.3, 0.4) is 0 Å². The van der Waals surface area contributed by atoms with Crippen LogP contribution in [0, 0.1) is 6.92 Å². The van der Waals surface area contributed by atoms with Crippen molar-refractivity contribution in [1.29, 1.82) is 0 Å². The Labute approximate surface area is 99.9 Å². The van der Waals surface area contributed by atoms with Crippen LogP contribution >= 0.6 is 0 Å². The maximum atomic E-state index is 11.2. The molecule has 1 atom stereocenters. The minimum absolute atomic E-state index is 0.344. The van der Waals surface area contributed by atoms with Crippen LogP contribution in [-0.2, 0) is 9.53 Å². The molecule has 1 aromatic carbocycles. The van der Waals surface area contributed by atoms with Crippen LogP contribution < -0.4 is 11.1 Å². The Kier molecular flexibility index (Phi) is 4.09. The molecule has 1 aromatic rings. The van der Waals surface area contributed by atoms with Gasteiger partial charge in [-0.05, 0) is 37.6 Å². The van der Waals surface area contributed by atoms with Gasteiger partial charge in [-0.1, -0.05) is 0 Å². The summed E-state index contributed by atoms with van der Waals surface area (Å²) in [6.07, 6.45) is 0. The number of carbonyl (C=O) groups excluding carboxylic acids is 2. The summed E-state index contributed by atoms with van der Waals surface area (Å²) < 4.78 is 4.61. The molecule has 0 fully saturated rings. The van der Waals surface area contributed by atoms with Crippen molar-refractivity contribution in [1.82, 2.24) is 0 Å². The highest BCUT2D eigenvalue weighted by Gasteiger charge is 2.13. The maximum Gasteiger partial charge on any atom is 0.327 e. The molecular weight excluding hydrogens is 220 g/mol. The van der Waals surface area contributed by atoms with Gasteiger partial charge < -0.3 is 15.8 Å². The predicted octanol–water partition coefficient (Wildman–Crippen LogP) is 1.07. The molecule has 1 amide bonds. The van der Waals surface area contributed by atoms with Crippen LogP contribution in [0.5, 0.6) is 0 Å². The van der Waals surface area contributed by atoms with Gasteiger partial charge >= 0.3 is 5.97 Å². The first kappa shape index (κ1) is 13.0. The quantitative estimate of drug-likeness (QED) is 0.766. The van der Waals surface area contributed by atoms with Crippen molar-refractivity contribution < 1.29 is 14.3 Å². The van der Waals surface area contributed by atoms with Crippen molar-refractivity contribution in [2.75, 3.05) is 12.4 Å². The number of hydrogen-bond acceptors (Lipinski definition) is 4. The molecule has 0 saturated heterocycles. The Morgan fingerprint density at radius 1 is 1.41 bits per heavy atom. The minimum Gasteiger partial charge on any atom is -0.467 e. The maximum absolute atomic E-state index is 11.2.